The summed E-state index contributed by atoms with van der Waals surface area (Å²) >= 11 is 0. The molecule has 2 aromatic carbocycles. The third kappa shape index (κ3) is 4.68. The molecule has 5 nitrogen and oxygen atoms in total. The van der Waals surface area contributed by atoms with Gasteiger partial charge in [-0.2, -0.15) is 0 Å². The lowest BCUT2D eigenvalue weighted by Gasteiger charge is -2.33. The van der Waals surface area contributed by atoms with Crippen LogP contribution in [-0.4, -0.2) is 36.7 Å². The van der Waals surface area contributed by atoms with Gasteiger partial charge in [0, 0.05) is 31.5 Å². The molecule has 0 unspecified atom stereocenters. The topological polar surface area (TPSA) is 46.6 Å². The Bertz CT molecular complexity index is 867. The van der Waals surface area contributed by atoms with E-state index >= 15 is 0 Å². The SMILES string of the molecule is COc1ccc(Nc2ccc(CN3CCO[C@@H](c4ccccc4)C3)cn2)cc1. The van der Waals surface area contributed by atoms with E-state index in [1.54, 1.807) is 7.11 Å². The van der Waals surface area contributed by atoms with Gasteiger partial charge in [0.2, 0.25) is 0 Å². The van der Waals surface area contributed by atoms with E-state index in [-0.39, 0.29) is 6.10 Å². The van der Waals surface area contributed by atoms with Crippen molar-refractivity contribution in [2.75, 3.05) is 32.1 Å². The first-order chi connectivity index (χ1) is 13.8. The molecule has 1 N–H and O–H groups in total. The molecule has 0 saturated carbocycles. The molecule has 0 amide bonds. The van der Waals surface area contributed by atoms with Gasteiger partial charge in [0.05, 0.1) is 19.8 Å². The van der Waals surface area contributed by atoms with E-state index in [1.165, 1.54) is 11.1 Å². The molecule has 1 saturated heterocycles. The van der Waals surface area contributed by atoms with Crippen LogP contribution in [0.5, 0.6) is 5.75 Å². The van der Waals surface area contributed by atoms with Crippen LogP contribution in [-0.2, 0) is 11.3 Å². The van der Waals surface area contributed by atoms with E-state index < -0.39 is 0 Å². The van der Waals surface area contributed by atoms with E-state index in [0.29, 0.717) is 0 Å². The molecule has 28 heavy (non-hydrogen) atoms. The van der Waals surface area contributed by atoms with Gasteiger partial charge in [-0.3, -0.25) is 4.90 Å². The predicted octanol–water partition coefficient (Wildman–Crippen LogP) is 4.41. The number of nitrogens with zero attached hydrogens (tertiary/aromatic N) is 2. The van der Waals surface area contributed by atoms with Crippen LogP contribution in [0.15, 0.2) is 72.9 Å². The van der Waals surface area contributed by atoms with Gasteiger partial charge in [0.15, 0.2) is 0 Å². The smallest absolute Gasteiger partial charge is 0.130 e. The minimum atomic E-state index is 0.138. The van der Waals surface area contributed by atoms with Crippen LogP contribution >= 0.6 is 0 Å². The fraction of sp³-hybridized carbons (Fsp3) is 0.261. The standard InChI is InChI=1S/C23H25N3O2/c1-27-21-10-8-20(9-11-21)25-23-12-7-18(15-24-23)16-26-13-14-28-22(17-26)19-5-3-2-4-6-19/h2-12,15,22H,13-14,16-17H2,1H3,(H,24,25)/t22-/m1/s1. The van der Waals surface area contributed by atoms with Crippen molar-refractivity contribution in [2.24, 2.45) is 0 Å². The monoisotopic (exact) mass is 375 g/mol. The van der Waals surface area contributed by atoms with Crippen molar-refractivity contribution in [1.29, 1.82) is 0 Å². The van der Waals surface area contributed by atoms with Crippen LogP contribution in [0.2, 0.25) is 0 Å². The molecule has 0 aliphatic carbocycles. The highest BCUT2D eigenvalue weighted by Crippen LogP contribution is 2.23. The highest BCUT2D eigenvalue weighted by atomic mass is 16.5. The molecular formula is C23H25N3O2. The van der Waals surface area contributed by atoms with Crippen molar-refractivity contribution >= 4 is 11.5 Å². The number of ether oxygens (including phenoxy) is 2. The fourth-order valence-electron chi connectivity index (χ4n) is 3.39. The Morgan fingerprint density at radius 3 is 2.61 bits per heavy atom. The summed E-state index contributed by atoms with van der Waals surface area (Å²) in [6.45, 7) is 3.47. The minimum absolute atomic E-state index is 0.138. The lowest BCUT2D eigenvalue weighted by atomic mass is 10.1. The molecule has 0 bridgehead atoms. The highest BCUT2D eigenvalue weighted by Gasteiger charge is 2.21. The van der Waals surface area contributed by atoms with E-state index in [0.717, 1.165) is 43.5 Å². The third-order valence-electron chi connectivity index (χ3n) is 4.92. The third-order valence-corrected chi connectivity index (χ3v) is 4.92. The second-order valence-electron chi connectivity index (χ2n) is 6.91. The molecule has 1 fully saturated rings. The van der Waals surface area contributed by atoms with Gasteiger partial charge >= 0.3 is 0 Å². The maximum Gasteiger partial charge on any atom is 0.130 e. The molecule has 1 aliphatic heterocycles. The second-order valence-corrected chi connectivity index (χ2v) is 6.91. The van der Waals surface area contributed by atoms with Crippen LogP contribution < -0.4 is 10.1 Å². The number of nitrogens with one attached hydrogen (secondary N) is 1. The Morgan fingerprint density at radius 1 is 1.07 bits per heavy atom. The van der Waals surface area contributed by atoms with Crippen molar-refractivity contribution in [3.8, 4) is 5.75 Å². The summed E-state index contributed by atoms with van der Waals surface area (Å²) < 4.78 is 11.1. The molecule has 0 spiro atoms. The maximum absolute atomic E-state index is 5.96. The second kappa shape index (κ2) is 8.87. The average Bonchev–Trinajstić information content (AvgIpc) is 2.76. The molecule has 2 heterocycles. The first-order valence-electron chi connectivity index (χ1n) is 9.55. The lowest BCUT2D eigenvalue weighted by Crippen LogP contribution is -2.37. The van der Waals surface area contributed by atoms with Gasteiger partial charge in [-0.1, -0.05) is 36.4 Å². The van der Waals surface area contributed by atoms with Crippen molar-refractivity contribution in [3.05, 3.63) is 84.1 Å². The van der Waals surface area contributed by atoms with Crippen LogP contribution in [0.25, 0.3) is 0 Å². The first-order valence-corrected chi connectivity index (χ1v) is 9.55. The van der Waals surface area contributed by atoms with Crippen molar-refractivity contribution < 1.29 is 9.47 Å². The Kier molecular flexibility index (Phi) is 5.85. The number of morpholine rings is 1. The summed E-state index contributed by atoms with van der Waals surface area (Å²) in [5.74, 6) is 1.67. The van der Waals surface area contributed by atoms with Crippen molar-refractivity contribution in [3.63, 3.8) is 0 Å². The normalized spacial score (nSPS) is 17.2. The van der Waals surface area contributed by atoms with Crippen LogP contribution in [0.3, 0.4) is 0 Å². The predicted molar refractivity (Wildman–Crippen MR) is 111 cm³/mol. The number of anilines is 2. The number of aromatic nitrogens is 1. The number of rotatable bonds is 6. The number of pyridine rings is 1. The van der Waals surface area contributed by atoms with Crippen molar-refractivity contribution in [2.45, 2.75) is 12.6 Å². The molecule has 3 aromatic rings. The van der Waals surface area contributed by atoms with E-state index in [2.05, 4.69) is 45.5 Å². The molecule has 4 rings (SSSR count). The van der Waals surface area contributed by atoms with E-state index in [4.69, 9.17) is 9.47 Å². The summed E-state index contributed by atoms with van der Waals surface area (Å²) in [5.41, 5.74) is 3.43. The Labute approximate surface area is 165 Å². The lowest BCUT2D eigenvalue weighted by molar-refractivity contribution is -0.0329. The number of hydrogen-bond acceptors (Lipinski definition) is 5. The van der Waals surface area contributed by atoms with Gasteiger partial charge in [-0.15, -0.1) is 0 Å². The van der Waals surface area contributed by atoms with Gasteiger partial charge < -0.3 is 14.8 Å². The zero-order chi connectivity index (χ0) is 19.2. The maximum atomic E-state index is 5.96. The molecule has 144 valence electrons. The highest BCUT2D eigenvalue weighted by molar-refractivity contribution is 5.57. The Balaban J connectivity index is 1.34. The number of hydrogen-bond donors (Lipinski definition) is 1. The van der Waals surface area contributed by atoms with E-state index in [1.807, 2.05) is 42.6 Å². The summed E-state index contributed by atoms with van der Waals surface area (Å²) in [7, 11) is 1.67. The zero-order valence-electron chi connectivity index (χ0n) is 16.0. The first kappa shape index (κ1) is 18.5. The molecule has 1 aromatic heterocycles. The number of benzene rings is 2. The molecule has 5 heteroatoms. The molecular weight excluding hydrogens is 350 g/mol. The zero-order valence-corrected chi connectivity index (χ0v) is 16.0. The Hall–Kier alpha value is -2.89. The van der Waals surface area contributed by atoms with Crippen LogP contribution in [0.4, 0.5) is 11.5 Å². The van der Waals surface area contributed by atoms with Gasteiger partial charge in [-0.25, -0.2) is 4.98 Å². The Morgan fingerprint density at radius 2 is 1.89 bits per heavy atom. The summed E-state index contributed by atoms with van der Waals surface area (Å²) in [4.78, 5) is 6.98. The quantitative estimate of drug-likeness (QED) is 0.692. The van der Waals surface area contributed by atoms with Crippen molar-refractivity contribution in [1.82, 2.24) is 9.88 Å². The van der Waals surface area contributed by atoms with E-state index in [9.17, 15) is 0 Å². The number of methoxy groups -OCH3 is 1. The van der Waals surface area contributed by atoms with Gasteiger partial charge in [0.25, 0.3) is 0 Å². The van der Waals surface area contributed by atoms with Crippen LogP contribution in [0.1, 0.15) is 17.2 Å². The largest absolute Gasteiger partial charge is 0.497 e. The summed E-state index contributed by atoms with van der Waals surface area (Å²) in [5, 5.41) is 3.31. The summed E-state index contributed by atoms with van der Waals surface area (Å²) in [6, 6.07) is 22.4. The molecule has 0 radical (unpaired) electrons. The van der Waals surface area contributed by atoms with Gasteiger partial charge in [0.1, 0.15) is 11.6 Å². The molecule has 1 aliphatic rings. The summed E-state index contributed by atoms with van der Waals surface area (Å²) in [6.07, 6.45) is 2.08. The van der Waals surface area contributed by atoms with Gasteiger partial charge in [-0.05, 0) is 41.5 Å². The minimum Gasteiger partial charge on any atom is -0.497 e. The molecule has 1 atom stereocenters. The fourth-order valence-corrected chi connectivity index (χ4v) is 3.39. The average molecular weight is 375 g/mol. The van der Waals surface area contributed by atoms with Crippen LogP contribution in [0, 0.1) is 0 Å².